The number of benzene rings is 1. The molecule has 0 saturated carbocycles. The first-order valence-electron chi connectivity index (χ1n) is 12.6. The third-order valence-electron chi connectivity index (χ3n) is 7.06. The Labute approximate surface area is 236 Å². The number of carboxylic acid groups (broad SMARTS) is 1. The third kappa shape index (κ3) is 5.24. The van der Waals surface area contributed by atoms with Crippen LogP contribution in [0, 0.1) is 6.92 Å². The molecule has 4 heterocycles. The smallest absolute Gasteiger partial charge is 0.304 e. The maximum Gasteiger partial charge on any atom is 0.304 e. The Morgan fingerprint density at radius 1 is 1.31 bits per heavy atom. The molecular weight excluding hydrogens is 562 g/mol. The first-order chi connectivity index (χ1) is 18.6. The summed E-state index contributed by atoms with van der Waals surface area (Å²) in [5, 5.41) is 18.3. The lowest BCUT2D eigenvalue weighted by molar-refractivity contribution is -0.137. The van der Waals surface area contributed by atoms with Crippen LogP contribution in [0.2, 0.25) is 4.34 Å². The van der Waals surface area contributed by atoms with Gasteiger partial charge in [0.15, 0.2) is 0 Å². The number of aryl methyl sites for hydroxylation is 2. The number of thiophene rings is 1. The summed E-state index contributed by atoms with van der Waals surface area (Å²) in [5.41, 5.74) is 4.04. The van der Waals surface area contributed by atoms with E-state index in [-0.39, 0.29) is 30.5 Å². The summed E-state index contributed by atoms with van der Waals surface area (Å²) >= 11 is 8.02. The highest BCUT2D eigenvalue weighted by molar-refractivity contribution is 8.22. The maximum atomic E-state index is 11.9. The van der Waals surface area contributed by atoms with Gasteiger partial charge >= 0.3 is 5.97 Å². The SMILES string of the molecule is CC[C@@H]1CN(Cc2cc([C@H](CC(=O)O)c3ccc4c(nnn4CC)c3C)sc2Cl)S(O)(O)c2cnccc2O1. The maximum absolute atomic E-state index is 11.9. The molecule has 39 heavy (non-hydrogen) atoms. The fourth-order valence-electron chi connectivity index (χ4n) is 4.95. The third-order valence-corrected chi connectivity index (χ3v) is 10.5. The number of hydrogen-bond donors (Lipinski definition) is 3. The molecule has 3 N–H and O–H groups in total. The van der Waals surface area contributed by atoms with Crippen molar-refractivity contribution in [3.8, 4) is 5.75 Å². The van der Waals surface area contributed by atoms with E-state index in [2.05, 4.69) is 15.3 Å². The van der Waals surface area contributed by atoms with Gasteiger partial charge in [0.1, 0.15) is 22.3 Å². The molecule has 0 fully saturated rings. The highest BCUT2D eigenvalue weighted by Gasteiger charge is 2.36. The lowest BCUT2D eigenvalue weighted by atomic mass is 9.89. The molecule has 13 heteroatoms. The Balaban J connectivity index is 1.51. The second-order valence-corrected chi connectivity index (χ2v) is 13.1. The molecule has 4 aromatic rings. The van der Waals surface area contributed by atoms with Gasteiger partial charge in [-0.25, -0.2) is 4.68 Å². The molecule has 2 atom stereocenters. The van der Waals surface area contributed by atoms with Crippen molar-refractivity contribution in [3.05, 3.63) is 62.6 Å². The Bertz CT molecular complexity index is 1520. The molecule has 0 bridgehead atoms. The van der Waals surface area contributed by atoms with Crippen LogP contribution < -0.4 is 4.74 Å². The monoisotopic (exact) mass is 591 g/mol. The lowest BCUT2D eigenvalue weighted by Crippen LogP contribution is -2.34. The summed E-state index contributed by atoms with van der Waals surface area (Å²) in [6, 6.07) is 7.38. The van der Waals surface area contributed by atoms with Gasteiger partial charge in [-0.3, -0.25) is 18.9 Å². The zero-order valence-electron chi connectivity index (χ0n) is 21.7. The molecule has 1 aliphatic heterocycles. The predicted octanol–water partition coefficient (Wildman–Crippen LogP) is 6.17. The second-order valence-electron chi connectivity index (χ2n) is 9.46. The number of nitrogens with zero attached hydrogens (tertiary/aromatic N) is 5. The van der Waals surface area contributed by atoms with Gasteiger partial charge in [0.2, 0.25) is 0 Å². The van der Waals surface area contributed by atoms with Crippen molar-refractivity contribution >= 4 is 50.7 Å². The number of hydrogen-bond acceptors (Lipinski definition) is 9. The normalized spacial score (nSPS) is 18.8. The number of halogens is 1. The summed E-state index contributed by atoms with van der Waals surface area (Å²) in [5.74, 6) is -0.989. The Morgan fingerprint density at radius 2 is 2.10 bits per heavy atom. The van der Waals surface area contributed by atoms with Gasteiger partial charge in [-0.2, -0.15) is 4.31 Å². The molecule has 10 nitrogen and oxygen atoms in total. The molecule has 208 valence electrons. The number of fused-ring (bicyclic) bond motifs is 2. The number of pyridine rings is 1. The molecule has 0 aliphatic carbocycles. The highest BCUT2D eigenvalue weighted by Crippen LogP contribution is 2.57. The first kappa shape index (κ1) is 27.8. The van der Waals surface area contributed by atoms with Gasteiger partial charge in [0.25, 0.3) is 0 Å². The molecule has 5 rings (SSSR count). The van der Waals surface area contributed by atoms with E-state index in [1.165, 1.54) is 17.5 Å². The molecule has 1 aromatic carbocycles. The van der Waals surface area contributed by atoms with E-state index in [9.17, 15) is 19.0 Å². The van der Waals surface area contributed by atoms with Gasteiger partial charge in [0, 0.05) is 36.1 Å². The zero-order chi connectivity index (χ0) is 27.9. The minimum atomic E-state index is -3.41. The van der Waals surface area contributed by atoms with Crippen molar-refractivity contribution in [2.24, 2.45) is 0 Å². The van der Waals surface area contributed by atoms with Crippen LogP contribution >= 0.6 is 33.7 Å². The Hall–Kier alpha value is -2.74. The zero-order valence-corrected chi connectivity index (χ0v) is 24.1. The van der Waals surface area contributed by atoms with E-state index in [1.807, 2.05) is 39.0 Å². The molecule has 0 saturated heterocycles. The predicted molar refractivity (Wildman–Crippen MR) is 152 cm³/mol. The van der Waals surface area contributed by atoms with Gasteiger partial charge in [-0.1, -0.05) is 29.8 Å². The summed E-state index contributed by atoms with van der Waals surface area (Å²) in [4.78, 5) is 17.0. The molecule has 0 spiro atoms. The number of carboxylic acids is 1. The number of aromatic nitrogens is 4. The second kappa shape index (κ2) is 11.0. The molecular formula is C26H30ClN5O5S2. The first-order valence-corrected chi connectivity index (χ1v) is 15.3. The fourth-order valence-corrected chi connectivity index (χ4v) is 7.91. The van der Waals surface area contributed by atoms with Crippen LogP contribution in [0.4, 0.5) is 0 Å². The van der Waals surface area contributed by atoms with Crippen molar-refractivity contribution in [3.63, 3.8) is 0 Å². The van der Waals surface area contributed by atoms with Crippen molar-refractivity contribution < 1.29 is 23.7 Å². The van der Waals surface area contributed by atoms with E-state index in [0.717, 1.165) is 27.0 Å². The quantitative estimate of drug-likeness (QED) is 0.220. The number of aliphatic carboxylic acids is 1. The van der Waals surface area contributed by atoms with Gasteiger partial charge in [-0.15, -0.1) is 27.2 Å². The number of carbonyl (C=O) groups is 1. The largest absolute Gasteiger partial charge is 0.487 e. The lowest BCUT2D eigenvalue weighted by Gasteiger charge is -2.41. The molecule has 0 amide bonds. The molecule has 3 aromatic heterocycles. The van der Waals surface area contributed by atoms with Crippen molar-refractivity contribution in [2.75, 3.05) is 6.54 Å². The van der Waals surface area contributed by atoms with Crippen LogP contribution in [0.5, 0.6) is 5.75 Å². The van der Waals surface area contributed by atoms with Crippen LogP contribution in [0.1, 0.15) is 54.2 Å². The van der Waals surface area contributed by atoms with Crippen LogP contribution in [0.25, 0.3) is 11.0 Å². The van der Waals surface area contributed by atoms with Crippen molar-refractivity contribution in [1.82, 2.24) is 24.3 Å². The van der Waals surface area contributed by atoms with E-state index in [0.29, 0.717) is 28.6 Å². The summed E-state index contributed by atoms with van der Waals surface area (Å²) in [7, 11) is -3.41. The number of rotatable bonds is 8. The van der Waals surface area contributed by atoms with Gasteiger partial charge in [-0.05, 0) is 49.1 Å². The van der Waals surface area contributed by atoms with Crippen LogP contribution in [-0.4, -0.2) is 57.1 Å². The van der Waals surface area contributed by atoms with Gasteiger partial charge < -0.3 is 9.84 Å². The highest BCUT2D eigenvalue weighted by atomic mass is 35.5. The molecule has 0 radical (unpaired) electrons. The van der Waals surface area contributed by atoms with Crippen LogP contribution in [0.3, 0.4) is 0 Å². The fraction of sp³-hybridized carbons (Fsp3) is 0.385. The topological polar surface area (TPSA) is 134 Å². The van der Waals surface area contributed by atoms with E-state index < -0.39 is 22.7 Å². The Morgan fingerprint density at radius 3 is 2.82 bits per heavy atom. The van der Waals surface area contributed by atoms with Crippen molar-refractivity contribution in [1.29, 1.82) is 0 Å². The van der Waals surface area contributed by atoms with Crippen LogP contribution in [-0.2, 0) is 17.9 Å². The number of ether oxygens (including phenoxy) is 1. The summed E-state index contributed by atoms with van der Waals surface area (Å²) in [6.45, 7) is 7.00. The summed E-state index contributed by atoms with van der Waals surface area (Å²) < 4.78 is 32.5. The van der Waals surface area contributed by atoms with E-state index in [1.54, 1.807) is 21.3 Å². The molecule has 0 unspecified atom stereocenters. The average molecular weight is 592 g/mol. The van der Waals surface area contributed by atoms with Gasteiger partial charge in [0.05, 0.1) is 29.0 Å². The van der Waals surface area contributed by atoms with Crippen molar-refractivity contribution in [2.45, 2.75) is 63.6 Å². The minimum Gasteiger partial charge on any atom is -0.487 e. The van der Waals surface area contributed by atoms with Crippen LogP contribution in [0.15, 0.2) is 41.6 Å². The Kier molecular flexibility index (Phi) is 7.86. The van der Waals surface area contributed by atoms with E-state index >= 15 is 0 Å². The standard InChI is InChI=1S/C26H30ClN5O5S2/c1-4-17-14-31(39(35,36)23-12-28-9-8-21(23)37-17)13-16-10-22(38-26(16)27)19(11-24(33)34)18-6-7-20-25(15(18)3)29-30-32(20)5-2/h6-10,12,17,19,35-36H,4-5,11,13-14H2,1-3H3,(H,33,34)/t17-,19-/m1/s1. The molecule has 1 aliphatic rings. The van der Waals surface area contributed by atoms with E-state index in [4.69, 9.17) is 16.3 Å². The minimum absolute atomic E-state index is 0.131. The summed E-state index contributed by atoms with van der Waals surface area (Å²) in [6.07, 6.45) is 3.26. The average Bonchev–Trinajstić information content (AvgIpc) is 3.47.